The van der Waals surface area contributed by atoms with Gasteiger partial charge in [0.2, 0.25) is 0 Å². The predicted octanol–water partition coefficient (Wildman–Crippen LogP) is 5.08. The summed E-state index contributed by atoms with van der Waals surface area (Å²) < 4.78 is 10.8. The van der Waals surface area contributed by atoms with E-state index < -0.39 is 5.41 Å². The van der Waals surface area contributed by atoms with Crippen LogP contribution in [0.15, 0.2) is 66.7 Å². The summed E-state index contributed by atoms with van der Waals surface area (Å²) in [4.78, 5) is 11.9. The van der Waals surface area contributed by atoms with E-state index in [4.69, 9.17) is 9.47 Å². The molecule has 0 aliphatic heterocycles. The van der Waals surface area contributed by atoms with Crippen LogP contribution in [0.25, 0.3) is 10.8 Å². The van der Waals surface area contributed by atoms with Gasteiger partial charge in [0.25, 0.3) is 0 Å². The van der Waals surface area contributed by atoms with Crippen LogP contribution in [0.5, 0.6) is 11.5 Å². The highest BCUT2D eigenvalue weighted by Crippen LogP contribution is 2.29. The zero-order valence-corrected chi connectivity index (χ0v) is 14.1. The summed E-state index contributed by atoms with van der Waals surface area (Å²) in [6.07, 6.45) is 0. The van der Waals surface area contributed by atoms with E-state index in [1.165, 1.54) is 12.5 Å². The Kier molecular flexibility index (Phi) is 4.26. The Bertz CT molecular complexity index is 864. The first kappa shape index (κ1) is 16.1. The minimum Gasteiger partial charge on any atom is -0.468 e. The predicted molar refractivity (Wildman–Crippen MR) is 95.5 cm³/mol. The lowest BCUT2D eigenvalue weighted by Crippen LogP contribution is -2.30. The number of hydrogen-bond acceptors (Lipinski definition) is 3. The normalized spacial score (nSPS) is 11.3. The molecular weight excluding hydrogens is 300 g/mol. The van der Waals surface area contributed by atoms with E-state index in [2.05, 4.69) is 12.1 Å². The van der Waals surface area contributed by atoms with Crippen LogP contribution in [0.3, 0.4) is 0 Å². The number of hydrogen-bond donors (Lipinski definition) is 0. The molecule has 3 rings (SSSR count). The van der Waals surface area contributed by atoms with Gasteiger partial charge in [-0.3, -0.25) is 4.79 Å². The number of benzene rings is 3. The first-order valence-corrected chi connectivity index (χ1v) is 7.86. The number of rotatable bonds is 4. The lowest BCUT2D eigenvalue weighted by molar-refractivity contribution is -0.146. The maximum atomic E-state index is 11.9. The fourth-order valence-corrected chi connectivity index (χ4v) is 2.68. The van der Waals surface area contributed by atoms with Crippen molar-refractivity contribution in [3.63, 3.8) is 0 Å². The van der Waals surface area contributed by atoms with Crippen molar-refractivity contribution in [2.24, 2.45) is 0 Å². The second kappa shape index (κ2) is 6.36. The third-order valence-electron chi connectivity index (χ3n) is 4.23. The van der Waals surface area contributed by atoms with Gasteiger partial charge in [0.05, 0.1) is 12.5 Å². The Labute approximate surface area is 141 Å². The van der Waals surface area contributed by atoms with Gasteiger partial charge in [0.1, 0.15) is 11.5 Å². The molecule has 0 heterocycles. The molecule has 0 aromatic heterocycles. The average molecular weight is 320 g/mol. The van der Waals surface area contributed by atoms with Gasteiger partial charge in [-0.15, -0.1) is 0 Å². The molecule has 0 aliphatic carbocycles. The van der Waals surface area contributed by atoms with Gasteiger partial charge in [0, 0.05) is 0 Å². The molecule has 0 atom stereocenters. The highest BCUT2D eigenvalue weighted by Gasteiger charge is 2.30. The van der Waals surface area contributed by atoms with Crippen LogP contribution < -0.4 is 4.74 Å². The highest BCUT2D eigenvalue weighted by atomic mass is 16.5. The number of methoxy groups -OCH3 is 1. The fourth-order valence-electron chi connectivity index (χ4n) is 2.68. The Morgan fingerprint density at radius 3 is 2.12 bits per heavy atom. The molecule has 0 saturated carbocycles. The molecule has 0 fully saturated rings. The van der Waals surface area contributed by atoms with Gasteiger partial charge in [-0.1, -0.05) is 42.5 Å². The summed E-state index contributed by atoms with van der Waals surface area (Å²) in [5.74, 6) is 1.26. The van der Waals surface area contributed by atoms with Gasteiger partial charge in [-0.25, -0.2) is 0 Å². The highest BCUT2D eigenvalue weighted by molar-refractivity contribution is 5.84. The summed E-state index contributed by atoms with van der Waals surface area (Å²) in [5, 5.41) is 2.32. The second-order valence-electron chi connectivity index (χ2n) is 6.25. The minimum absolute atomic E-state index is 0.259. The van der Waals surface area contributed by atoms with Crippen LogP contribution in [0.2, 0.25) is 0 Å². The standard InChI is InChI=1S/C21H20O3/c1-21(2,20(22)23-3)17-9-12-18(13-10-17)24-19-11-8-15-6-4-5-7-16(15)14-19/h4-14H,1-3H3. The zero-order chi connectivity index (χ0) is 17.2. The molecule has 0 N–H and O–H groups in total. The van der Waals surface area contributed by atoms with Crippen molar-refractivity contribution in [1.82, 2.24) is 0 Å². The van der Waals surface area contributed by atoms with Gasteiger partial charge in [0.15, 0.2) is 0 Å². The Hall–Kier alpha value is -2.81. The van der Waals surface area contributed by atoms with E-state index in [9.17, 15) is 4.79 Å². The molecule has 0 amide bonds. The van der Waals surface area contributed by atoms with Crippen LogP contribution in [-0.2, 0) is 14.9 Å². The van der Waals surface area contributed by atoms with Gasteiger partial charge >= 0.3 is 5.97 Å². The number of carbonyl (C=O) groups excluding carboxylic acids is 1. The molecule has 0 aliphatic rings. The molecule has 3 nitrogen and oxygen atoms in total. The first-order valence-electron chi connectivity index (χ1n) is 7.86. The molecule has 0 radical (unpaired) electrons. The van der Waals surface area contributed by atoms with Gasteiger partial charge in [-0.05, 0) is 54.4 Å². The summed E-state index contributed by atoms with van der Waals surface area (Å²) in [7, 11) is 1.40. The summed E-state index contributed by atoms with van der Waals surface area (Å²) in [6, 6.07) is 21.7. The third kappa shape index (κ3) is 3.11. The maximum Gasteiger partial charge on any atom is 0.315 e. The Balaban J connectivity index is 1.81. The molecular formula is C21H20O3. The second-order valence-corrected chi connectivity index (χ2v) is 6.25. The van der Waals surface area contributed by atoms with Crippen molar-refractivity contribution < 1.29 is 14.3 Å². The Morgan fingerprint density at radius 1 is 0.833 bits per heavy atom. The van der Waals surface area contributed by atoms with Gasteiger partial charge in [-0.2, -0.15) is 0 Å². The lowest BCUT2D eigenvalue weighted by Gasteiger charge is -2.22. The van der Waals surface area contributed by atoms with Crippen molar-refractivity contribution in [3.8, 4) is 11.5 Å². The van der Waals surface area contributed by atoms with E-state index in [1.54, 1.807) is 0 Å². The zero-order valence-electron chi connectivity index (χ0n) is 14.1. The first-order chi connectivity index (χ1) is 11.5. The van der Waals surface area contributed by atoms with Crippen LogP contribution in [0.4, 0.5) is 0 Å². The largest absolute Gasteiger partial charge is 0.468 e. The van der Waals surface area contributed by atoms with Crippen molar-refractivity contribution in [2.75, 3.05) is 7.11 Å². The lowest BCUT2D eigenvalue weighted by atomic mass is 9.85. The van der Waals surface area contributed by atoms with Crippen LogP contribution in [-0.4, -0.2) is 13.1 Å². The van der Waals surface area contributed by atoms with Gasteiger partial charge < -0.3 is 9.47 Å². The van der Waals surface area contributed by atoms with Crippen molar-refractivity contribution >= 4 is 16.7 Å². The summed E-state index contributed by atoms with van der Waals surface area (Å²) in [5.41, 5.74) is 0.205. The van der Waals surface area contributed by atoms with Crippen LogP contribution in [0, 0.1) is 0 Å². The van der Waals surface area contributed by atoms with E-state index in [1.807, 2.05) is 68.4 Å². The molecule has 0 spiro atoms. The topological polar surface area (TPSA) is 35.5 Å². The molecule has 0 saturated heterocycles. The molecule has 0 bridgehead atoms. The minimum atomic E-state index is -0.684. The van der Waals surface area contributed by atoms with Crippen LogP contribution >= 0.6 is 0 Å². The fraction of sp³-hybridized carbons (Fsp3) is 0.190. The molecule has 24 heavy (non-hydrogen) atoms. The van der Waals surface area contributed by atoms with E-state index >= 15 is 0 Å². The molecule has 122 valence electrons. The average Bonchev–Trinajstić information content (AvgIpc) is 2.61. The maximum absolute atomic E-state index is 11.9. The third-order valence-corrected chi connectivity index (χ3v) is 4.23. The smallest absolute Gasteiger partial charge is 0.315 e. The van der Waals surface area contributed by atoms with Crippen LogP contribution in [0.1, 0.15) is 19.4 Å². The van der Waals surface area contributed by atoms with E-state index in [-0.39, 0.29) is 5.97 Å². The number of carbonyl (C=O) groups is 1. The number of esters is 1. The van der Waals surface area contributed by atoms with Crippen molar-refractivity contribution in [2.45, 2.75) is 19.3 Å². The molecule has 3 aromatic carbocycles. The summed E-state index contributed by atoms with van der Waals surface area (Å²) >= 11 is 0. The summed E-state index contributed by atoms with van der Waals surface area (Å²) in [6.45, 7) is 3.69. The Morgan fingerprint density at radius 2 is 1.46 bits per heavy atom. The molecule has 0 unspecified atom stereocenters. The van der Waals surface area contributed by atoms with Crippen molar-refractivity contribution in [3.05, 3.63) is 72.3 Å². The SMILES string of the molecule is COC(=O)C(C)(C)c1ccc(Oc2ccc3ccccc3c2)cc1. The van der Waals surface area contributed by atoms with E-state index in [0.717, 1.165) is 22.4 Å². The number of fused-ring (bicyclic) bond motifs is 1. The quantitative estimate of drug-likeness (QED) is 0.629. The monoisotopic (exact) mass is 320 g/mol. The molecule has 3 aromatic rings. The van der Waals surface area contributed by atoms with Crippen molar-refractivity contribution in [1.29, 1.82) is 0 Å². The van der Waals surface area contributed by atoms with E-state index in [0.29, 0.717) is 0 Å². The number of ether oxygens (including phenoxy) is 2. The molecule has 3 heteroatoms.